The molecule has 13 heteroatoms. The second-order valence-electron chi connectivity index (χ2n) is 6.85. The largest absolute Gasteiger partial charge is 0.430 e. The number of rotatable bonds is 5. The summed E-state index contributed by atoms with van der Waals surface area (Å²) in [5.41, 5.74) is 1.75. The van der Waals surface area contributed by atoms with Crippen LogP contribution in [0.5, 0.6) is 0 Å². The highest BCUT2D eigenvalue weighted by Crippen LogP contribution is 2.37. The molecule has 0 spiro atoms. The van der Waals surface area contributed by atoms with Crippen molar-refractivity contribution in [1.82, 2.24) is 0 Å². The minimum atomic E-state index is -4.94. The molecule has 0 fully saturated rings. The summed E-state index contributed by atoms with van der Waals surface area (Å²) >= 11 is 0.883. The molecule has 0 bridgehead atoms. The lowest BCUT2D eigenvalue weighted by molar-refractivity contribution is -0.137. The summed E-state index contributed by atoms with van der Waals surface area (Å²) in [6.07, 6.45) is -9.28. The molecule has 0 saturated heterocycles. The molecule has 5 nitrogen and oxygen atoms in total. The zero-order valence-corrected chi connectivity index (χ0v) is 18.5. The fourth-order valence-corrected chi connectivity index (χ4v) is 4.31. The van der Waals surface area contributed by atoms with Gasteiger partial charge in [0, 0.05) is 4.88 Å². The Morgan fingerprint density at radius 3 is 2.24 bits per heavy atom. The van der Waals surface area contributed by atoms with Crippen LogP contribution in [0.15, 0.2) is 82.3 Å². The number of benzene rings is 2. The quantitative estimate of drug-likeness (QED) is 0.339. The summed E-state index contributed by atoms with van der Waals surface area (Å²) in [6, 6.07) is 12.5. The topological polar surface area (TPSA) is 98.5 Å². The molecule has 3 aromatic rings. The Morgan fingerprint density at radius 2 is 1.62 bits per heavy atom. The third kappa shape index (κ3) is 6.04. The van der Waals surface area contributed by atoms with Crippen molar-refractivity contribution in [2.45, 2.75) is 17.2 Å². The molecule has 1 heterocycles. The van der Waals surface area contributed by atoms with Crippen LogP contribution >= 0.6 is 11.3 Å². The van der Waals surface area contributed by atoms with Crippen LogP contribution in [0.4, 0.5) is 32.0 Å². The van der Waals surface area contributed by atoms with Crippen molar-refractivity contribution in [2.24, 2.45) is 15.9 Å². The van der Waals surface area contributed by atoms with E-state index in [0.29, 0.717) is 16.5 Å². The van der Waals surface area contributed by atoms with Gasteiger partial charge in [-0.1, -0.05) is 24.3 Å². The molecule has 0 aliphatic carbocycles. The molecule has 0 radical (unpaired) electrons. The Balaban J connectivity index is 2.16. The van der Waals surface area contributed by atoms with Crippen LogP contribution < -0.4 is 10.9 Å². The van der Waals surface area contributed by atoms with Gasteiger partial charge in [0.1, 0.15) is 5.70 Å². The molecule has 0 saturated carbocycles. The Labute approximate surface area is 194 Å². The van der Waals surface area contributed by atoms with Crippen molar-refractivity contribution in [3.63, 3.8) is 0 Å². The van der Waals surface area contributed by atoms with Crippen molar-refractivity contribution in [2.75, 3.05) is 0 Å². The predicted octanol–water partition coefficient (Wildman–Crippen LogP) is 5.61. The SMILES string of the molecule is NC(=CC(=Nc1ccccc1C(F)(F)F)c1ccc(-c2cccc(S(N)(=O)=O)c2)s1)C(F)(F)F. The number of nitrogens with zero attached hydrogens (tertiary/aromatic N) is 1. The van der Waals surface area contributed by atoms with Crippen molar-refractivity contribution < 1.29 is 34.8 Å². The molecule has 0 aliphatic rings. The molecule has 0 aliphatic heterocycles. The Hall–Kier alpha value is -3.16. The maximum Gasteiger partial charge on any atom is 0.430 e. The maximum absolute atomic E-state index is 13.4. The summed E-state index contributed by atoms with van der Waals surface area (Å²) in [4.78, 5) is 4.14. The summed E-state index contributed by atoms with van der Waals surface area (Å²) in [6.45, 7) is 0. The van der Waals surface area contributed by atoms with Gasteiger partial charge >= 0.3 is 12.4 Å². The van der Waals surface area contributed by atoms with Crippen molar-refractivity contribution in [1.29, 1.82) is 0 Å². The molecule has 1 aromatic heterocycles. The number of aliphatic imine (C=N–C) groups is 1. The molecule has 0 unspecified atom stereocenters. The summed E-state index contributed by atoms with van der Waals surface area (Å²) in [7, 11) is -4.01. The van der Waals surface area contributed by atoms with Crippen molar-refractivity contribution >= 4 is 32.8 Å². The highest BCUT2D eigenvalue weighted by atomic mass is 32.2. The van der Waals surface area contributed by atoms with Crippen molar-refractivity contribution in [3.8, 4) is 10.4 Å². The number of thiophene rings is 1. The minimum absolute atomic E-state index is 0.0696. The zero-order valence-electron chi connectivity index (χ0n) is 16.9. The average molecular weight is 519 g/mol. The number of hydrogen-bond donors (Lipinski definition) is 2. The van der Waals surface area contributed by atoms with Crippen molar-refractivity contribution in [3.05, 3.63) is 82.9 Å². The second-order valence-corrected chi connectivity index (χ2v) is 9.49. The van der Waals surface area contributed by atoms with Gasteiger partial charge in [0.15, 0.2) is 0 Å². The van der Waals surface area contributed by atoms with Crippen LogP contribution in [-0.4, -0.2) is 20.3 Å². The molecule has 180 valence electrons. The number of halogens is 6. The number of hydrogen-bond acceptors (Lipinski definition) is 5. The summed E-state index contributed by atoms with van der Waals surface area (Å²) in [5, 5.41) is 5.12. The number of para-hydroxylation sites is 1. The molecular weight excluding hydrogens is 504 g/mol. The summed E-state index contributed by atoms with van der Waals surface area (Å²) < 4.78 is 103. The lowest BCUT2D eigenvalue weighted by Crippen LogP contribution is -2.20. The lowest BCUT2D eigenvalue weighted by Gasteiger charge is -2.11. The number of alkyl halides is 6. The Kier molecular flexibility index (Phi) is 6.92. The van der Waals surface area contributed by atoms with Gasteiger partial charge in [0.05, 0.1) is 26.7 Å². The van der Waals surface area contributed by atoms with Gasteiger partial charge < -0.3 is 5.73 Å². The monoisotopic (exact) mass is 519 g/mol. The molecule has 2 aromatic carbocycles. The van der Waals surface area contributed by atoms with E-state index < -0.39 is 45.0 Å². The van der Waals surface area contributed by atoms with Crippen LogP contribution in [0.3, 0.4) is 0 Å². The molecule has 4 N–H and O–H groups in total. The predicted molar refractivity (Wildman–Crippen MR) is 117 cm³/mol. The normalized spacial score (nSPS) is 13.9. The number of nitrogens with two attached hydrogens (primary N) is 2. The van der Waals surface area contributed by atoms with E-state index in [4.69, 9.17) is 10.9 Å². The number of sulfonamides is 1. The first kappa shape index (κ1) is 25.5. The zero-order chi connectivity index (χ0) is 25.3. The number of allylic oxidation sites excluding steroid dienone is 2. The van der Waals surface area contributed by atoms with E-state index in [1.165, 1.54) is 36.4 Å². The van der Waals surface area contributed by atoms with E-state index >= 15 is 0 Å². The van der Waals surface area contributed by atoms with Gasteiger partial charge in [0.25, 0.3) is 0 Å². The van der Waals surface area contributed by atoms with Crippen LogP contribution in [0, 0.1) is 0 Å². The van der Waals surface area contributed by atoms with E-state index in [2.05, 4.69) is 4.99 Å². The first-order chi connectivity index (χ1) is 15.7. The number of primary sulfonamides is 1. The maximum atomic E-state index is 13.4. The van der Waals surface area contributed by atoms with Gasteiger partial charge in [-0.05, 0) is 48.0 Å². The molecule has 34 heavy (non-hydrogen) atoms. The molecular formula is C21H15F6N3O2S2. The smallest absolute Gasteiger partial charge is 0.395 e. The Morgan fingerprint density at radius 1 is 0.941 bits per heavy atom. The fourth-order valence-electron chi connectivity index (χ4n) is 2.79. The highest BCUT2D eigenvalue weighted by Gasteiger charge is 2.34. The van der Waals surface area contributed by atoms with Gasteiger partial charge in [-0.3, -0.25) is 0 Å². The van der Waals surface area contributed by atoms with Crippen LogP contribution in [0.1, 0.15) is 10.4 Å². The van der Waals surface area contributed by atoms with Crippen LogP contribution in [0.2, 0.25) is 0 Å². The van der Waals surface area contributed by atoms with E-state index in [0.717, 1.165) is 29.5 Å². The van der Waals surface area contributed by atoms with Gasteiger partial charge in [-0.2, -0.15) is 26.3 Å². The molecule has 3 rings (SSSR count). The average Bonchev–Trinajstić information content (AvgIpc) is 3.22. The highest BCUT2D eigenvalue weighted by molar-refractivity contribution is 7.89. The van der Waals surface area contributed by atoms with E-state index in [1.54, 1.807) is 6.07 Å². The fraction of sp³-hybridized carbons (Fsp3) is 0.0952. The summed E-state index contributed by atoms with van der Waals surface area (Å²) in [5.74, 6) is 0. The Bertz CT molecular complexity index is 1370. The third-order valence-corrected chi connectivity index (χ3v) is 6.44. The van der Waals surface area contributed by atoms with Crippen LogP contribution in [0.25, 0.3) is 10.4 Å². The van der Waals surface area contributed by atoms with Gasteiger partial charge in [-0.25, -0.2) is 18.5 Å². The van der Waals surface area contributed by atoms with Gasteiger partial charge in [-0.15, -0.1) is 11.3 Å². The molecule has 0 amide bonds. The first-order valence-corrected chi connectivity index (χ1v) is 11.6. The minimum Gasteiger partial charge on any atom is -0.395 e. The third-order valence-electron chi connectivity index (χ3n) is 4.38. The first-order valence-electron chi connectivity index (χ1n) is 9.19. The standard InChI is InChI=1S/C21H15F6N3O2S2/c22-20(23,24)14-6-1-2-7-15(14)30-16(11-19(28)21(25,26)27)18-9-8-17(33-18)12-4-3-5-13(10-12)34(29,31)32/h1-11H,28H2,(H2,29,31,32). The second kappa shape index (κ2) is 9.24. The van der Waals surface area contributed by atoms with Crippen LogP contribution in [-0.2, 0) is 16.2 Å². The van der Waals surface area contributed by atoms with E-state index in [-0.39, 0.29) is 9.77 Å². The molecule has 0 atom stereocenters. The van der Waals surface area contributed by atoms with Gasteiger partial charge in [0.2, 0.25) is 10.0 Å². The van der Waals surface area contributed by atoms with E-state index in [9.17, 15) is 34.8 Å². The van der Waals surface area contributed by atoms with E-state index in [1.807, 2.05) is 0 Å². The lowest BCUT2D eigenvalue weighted by atomic mass is 10.1.